The van der Waals surface area contributed by atoms with E-state index in [9.17, 15) is 2.74 Å². The van der Waals surface area contributed by atoms with E-state index in [2.05, 4.69) is 186 Å². The SMILES string of the molecule is [2H]c1c([2H])c([2H])c(-c2cccc(-c3cc(C(C)(C)C)cc(C(C)(C)C)c3)c2-[n+]2[c-]n(-c3cccc(Oc4ccc5c6cc(-n7c8ccccc8c8ccccc87)ccc6n(-c6cc(CC(C)C)ccn6)c5c4)c3)c3ccccc32)c([2H])c1[2H]. The highest BCUT2D eigenvalue weighted by Crippen LogP contribution is 2.41. The molecule has 0 saturated carbocycles. The Labute approximate surface area is 464 Å². The third kappa shape index (κ3) is 8.62. The molecule has 0 saturated heterocycles. The molecule has 0 atom stereocenters. The van der Waals surface area contributed by atoms with E-state index in [0.29, 0.717) is 28.7 Å². The highest BCUT2D eigenvalue weighted by atomic mass is 16.5. The molecule has 0 aliphatic carbocycles. The van der Waals surface area contributed by atoms with Crippen LogP contribution in [0.2, 0.25) is 0 Å². The molecule has 78 heavy (non-hydrogen) atoms. The fourth-order valence-corrected chi connectivity index (χ4v) is 11.3. The van der Waals surface area contributed by atoms with Gasteiger partial charge < -0.3 is 9.30 Å². The van der Waals surface area contributed by atoms with Crippen LogP contribution >= 0.6 is 0 Å². The van der Waals surface area contributed by atoms with Crippen LogP contribution in [-0.2, 0) is 17.3 Å². The summed E-state index contributed by atoms with van der Waals surface area (Å²) >= 11 is 0. The summed E-state index contributed by atoms with van der Waals surface area (Å²) < 4.78 is 60.2. The Kier molecular flexibility index (Phi) is 10.5. The molecule has 0 aliphatic rings. The number of imidazole rings is 1. The van der Waals surface area contributed by atoms with Gasteiger partial charge in [-0.2, -0.15) is 0 Å². The summed E-state index contributed by atoms with van der Waals surface area (Å²) in [6.45, 7) is 17.7. The Balaban J connectivity index is 0.962. The van der Waals surface area contributed by atoms with Crippen LogP contribution in [0.1, 0.15) is 78.9 Å². The third-order valence-electron chi connectivity index (χ3n) is 15.1. The van der Waals surface area contributed by atoms with Crippen LogP contribution in [0.5, 0.6) is 11.5 Å². The number of pyridine rings is 1. The molecule has 382 valence electrons. The Morgan fingerprint density at radius 2 is 1.15 bits per heavy atom. The average molecular weight is 1020 g/mol. The normalized spacial score (nSPS) is 13.2. The molecular weight excluding hydrogens is 951 g/mol. The second kappa shape index (κ2) is 18.9. The predicted molar refractivity (Wildman–Crippen MR) is 323 cm³/mol. The van der Waals surface area contributed by atoms with Crippen LogP contribution in [0.15, 0.2) is 218 Å². The first-order chi connectivity index (χ1) is 39.8. The van der Waals surface area contributed by atoms with Crippen molar-refractivity contribution < 1.29 is 16.2 Å². The number of aromatic nitrogens is 5. The molecule has 9 aromatic carbocycles. The average Bonchev–Trinajstić information content (AvgIpc) is 4.35. The van der Waals surface area contributed by atoms with Gasteiger partial charge >= 0.3 is 0 Å². The first kappa shape index (κ1) is 43.1. The molecule has 0 aliphatic heterocycles. The summed E-state index contributed by atoms with van der Waals surface area (Å²) in [5.41, 5.74) is 13.9. The predicted octanol–water partition coefficient (Wildman–Crippen LogP) is 18.2. The van der Waals surface area contributed by atoms with E-state index in [4.69, 9.17) is 13.8 Å². The summed E-state index contributed by atoms with van der Waals surface area (Å²) in [5.74, 6) is 2.58. The lowest BCUT2D eigenvalue weighted by molar-refractivity contribution is -0.571. The summed E-state index contributed by atoms with van der Waals surface area (Å²) in [6.07, 6.45) is 6.57. The first-order valence-corrected chi connectivity index (χ1v) is 26.9. The number of ether oxygens (including phenoxy) is 1. The van der Waals surface area contributed by atoms with Gasteiger partial charge in [-0.3, -0.25) is 13.7 Å². The van der Waals surface area contributed by atoms with Crippen molar-refractivity contribution >= 4 is 54.6 Å². The minimum Gasteiger partial charge on any atom is -0.458 e. The topological polar surface area (TPSA) is 40.8 Å². The zero-order valence-corrected chi connectivity index (χ0v) is 45.3. The molecule has 4 heterocycles. The number of hydrogen-bond donors (Lipinski definition) is 0. The monoisotopic (exact) mass is 1020 g/mol. The van der Waals surface area contributed by atoms with Crippen LogP contribution in [0.3, 0.4) is 0 Å². The van der Waals surface area contributed by atoms with E-state index in [1.54, 1.807) is 0 Å². The van der Waals surface area contributed by atoms with Gasteiger partial charge in [0.25, 0.3) is 6.33 Å². The molecule has 0 radical (unpaired) electrons. The Morgan fingerprint density at radius 3 is 1.86 bits per heavy atom. The summed E-state index contributed by atoms with van der Waals surface area (Å²) in [4.78, 5) is 5.01. The maximum absolute atomic E-state index is 9.28. The summed E-state index contributed by atoms with van der Waals surface area (Å²) in [5, 5.41) is 4.59. The van der Waals surface area contributed by atoms with Crippen molar-refractivity contribution in [2.75, 3.05) is 0 Å². The van der Waals surface area contributed by atoms with Crippen molar-refractivity contribution in [3.05, 3.63) is 241 Å². The number of hydrogen-bond acceptors (Lipinski definition) is 2. The lowest BCUT2D eigenvalue weighted by Gasteiger charge is -2.27. The minimum absolute atomic E-state index is 0.114. The largest absolute Gasteiger partial charge is 0.458 e. The molecule has 4 aromatic heterocycles. The van der Waals surface area contributed by atoms with Crippen LogP contribution in [-0.4, -0.2) is 18.7 Å². The lowest BCUT2D eigenvalue weighted by atomic mass is 9.78. The van der Waals surface area contributed by atoms with Gasteiger partial charge in [0.05, 0.1) is 51.3 Å². The first-order valence-electron chi connectivity index (χ1n) is 29.4. The van der Waals surface area contributed by atoms with Gasteiger partial charge in [-0.15, -0.1) is 0 Å². The van der Waals surface area contributed by atoms with Crippen molar-refractivity contribution in [2.45, 2.75) is 72.6 Å². The maximum atomic E-state index is 9.28. The van der Waals surface area contributed by atoms with Gasteiger partial charge in [-0.1, -0.05) is 189 Å². The number of fused-ring (bicyclic) bond motifs is 7. The smallest absolute Gasteiger partial charge is 0.269 e. The Morgan fingerprint density at radius 1 is 0.526 bits per heavy atom. The molecule has 6 heteroatoms. The van der Waals surface area contributed by atoms with Gasteiger partial charge in [0.2, 0.25) is 0 Å². The van der Waals surface area contributed by atoms with Gasteiger partial charge in [0, 0.05) is 39.5 Å². The zero-order valence-electron chi connectivity index (χ0n) is 50.3. The van der Waals surface area contributed by atoms with E-state index < -0.39 is 18.1 Å². The summed E-state index contributed by atoms with van der Waals surface area (Å²) in [6, 6.07) is 61.4. The lowest BCUT2D eigenvalue weighted by Crippen LogP contribution is -2.31. The molecule has 0 amide bonds. The van der Waals surface area contributed by atoms with Crippen molar-refractivity contribution in [1.82, 2.24) is 18.7 Å². The standard InChI is InChI=1S/C72H63N5O/c1-47(2)38-48-36-37-73-69(39-48)77-65-35-32-54(76-63-28-14-12-24-59(63)60-25-13-15-29-64(60)76)44-62(65)61-34-33-56(45-68(61)77)78-55-23-18-22-53(43-55)74-46-75(67-31-17-16-30-66(67)74)70-57(49-20-10-9-11-21-49)26-19-27-58(70)50-40-51(71(3,4)5)42-52(41-50)72(6,7)8/h9-37,39-45,47H,38H2,1-8H3/i9D,10D,11D,20D,21D. The highest BCUT2D eigenvalue weighted by Gasteiger charge is 2.25. The number of para-hydroxylation sites is 5. The van der Waals surface area contributed by atoms with Crippen molar-refractivity contribution in [3.63, 3.8) is 0 Å². The van der Waals surface area contributed by atoms with Crippen molar-refractivity contribution in [2.24, 2.45) is 5.92 Å². The molecular formula is C72H63N5O. The molecule has 13 rings (SSSR count). The minimum atomic E-state index is -0.441. The molecule has 0 fully saturated rings. The Bertz CT molecular complexity index is 4650. The van der Waals surface area contributed by atoms with Crippen LogP contribution in [0.4, 0.5) is 0 Å². The van der Waals surface area contributed by atoms with Gasteiger partial charge in [-0.05, 0) is 135 Å². The molecule has 0 spiro atoms. The molecule has 13 aromatic rings. The van der Waals surface area contributed by atoms with Crippen LogP contribution in [0.25, 0.3) is 99.8 Å². The number of nitrogens with zero attached hydrogens (tertiary/aromatic N) is 5. The second-order valence-electron chi connectivity index (χ2n) is 23.1. The Hall–Kier alpha value is -9.00. The zero-order chi connectivity index (χ0) is 57.8. The fraction of sp³-hybridized carbons (Fsp3) is 0.167. The van der Waals surface area contributed by atoms with E-state index in [1.807, 2.05) is 82.1 Å². The van der Waals surface area contributed by atoms with E-state index in [1.165, 1.54) is 16.3 Å². The van der Waals surface area contributed by atoms with Crippen LogP contribution < -0.4 is 9.30 Å². The maximum Gasteiger partial charge on any atom is 0.269 e. The number of rotatable bonds is 10. The quantitative estimate of drug-likeness (QED) is 0.101. The van der Waals surface area contributed by atoms with E-state index in [-0.39, 0.29) is 28.5 Å². The molecule has 0 N–H and O–H groups in total. The van der Waals surface area contributed by atoms with Gasteiger partial charge in [0.1, 0.15) is 17.3 Å². The highest BCUT2D eigenvalue weighted by molar-refractivity contribution is 6.12. The van der Waals surface area contributed by atoms with E-state index in [0.717, 1.165) is 89.7 Å². The van der Waals surface area contributed by atoms with Gasteiger partial charge in [0.15, 0.2) is 0 Å². The summed E-state index contributed by atoms with van der Waals surface area (Å²) in [7, 11) is 0. The van der Waals surface area contributed by atoms with Crippen molar-refractivity contribution in [1.29, 1.82) is 0 Å². The van der Waals surface area contributed by atoms with Crippen molar-refractivity contribution in [3.8, 4) is 56.6 Å². The third-order valence-corrected chi connectivity index (χ3v) is 15.1. The second-order valence-corrected chi connectivity index (χ2v) is 23.1. The van der Waals surface area contributed by atoms with Gasteiger partial charge in [-0.25, -0.2) is 4.98 Å². The van der Waals surface area contributed by atoms with E-state index >= 15 is 0 Å². The number of benzene rings is 9. The molecule has 0 unspecified atom stereocenters. The molecule has 0 bridgehead atoms. The van der Waals surface area contributed by atoms with Crippen LogP contribution in [0, 0.1) is 12.2 Å². The fourth-order valence-electron chi connectivity index (χ4n) is 11.3. The molecule has 6 nitrogen and oxygen atoms in total.